The summed E-state index contributed by atoms with van der Waals surface area (Å²) in [5, 5.41) is 6.62. The van der Waals surface area contributed by atoms with E-state index in [1.807, 2.05) is 20.8 Å². The van der Waals surface area contributed by atoms with E-state index in [1.165, 1.54) is 6.39 Å². The largest absolute Gasteiger partial charge is 0.448 e. The number of hydrogen-bond acceptors (Lipinski definition) is 6. The van der Waals surface area contributed by atoms with Gasteiger partial charge in [-0.1, -0.05) is 25.9 Å². The quantitative estimate of drug-likeness (QED) is 0.864. The first-order valence-corrected chi connectivity index (χ1v) is 6.64. The second-order valence-corrected chi connectivity index (χ2v) is 4.68. The maximum atomic E-state index is 11.9. The van der Waals surface area contributed by atoms with Gasteiger partial charge in [0, 0.05) is 25.3 Å². The molecule has 0 aliphatic rings. The second kappa shape index (κ2) is 6.31. The molecule has 0 spiro atoms. The van der Waals surface area contributed by atoms with E-state index in [0.29, 0.717) is 42.6 Å². The van der Waals surface area contributed by atoms with Crippen molar-refractivity contribution in [2.75, 3.05) is 6.54 Å². The van der Waals surface area contributed by atoms with Gasteiger partial charge >= 0.3 is 0 Å². The molecule has 7 nitrogen and oxygen atoms in total. The first-order chi connectivity index (χ1) is 9.61. The Morgan fingerprint density at radius 1 is 1.45 bits per heavy atom. The number of hydrogen-bond donors (Lipinski definition) is 1. The van der Waals surface area contributed by atoms with Gasteiger partial charge in [0.05, 0.1) is 0 Å². The number of carbonyl (C=O) groups is 1. The van der Waals surface area contributed by atoms with Crippen LogP contribution in [0.2, 0.25) is 0 Å². The van der Waals surface area contributed by atoms with E-state index in [0.717, 1.165) is 0 Å². The standard InChI is InChI=1S/C13H18N4O3/c1-4-9-11(15-7-19-9)13(18)14-6-5-10-16-12(8(2)3)17-20-10/h7-8H,4-6H2,1-3H3,(H,14,18). The molecule has 0 fully saturated rings. The molecule has 20 heavy (non-hydrogen) atoms. The Balaban J connectivity index is 1.85. The number of nitrogens with one attached hydrogen (secondary N) is 1. The monoisotopic (exact) mass is 278 g/mol. The molecule has 0 aliphatic carbocycles. The van der Waals surface area contributed by atoms with E-state index in [-0.39, 0.29) is 11.8 Å². The van der Waals surface area contributed by atoms with Crippen molar-refractivity contribution >= 4 is 5.91 Å². The smallest absolute Gasteiger partial charge is 0.273 e. The lowest BCUT2D eigenvalue weighted by Crippen LogP contribution is -2.26. The number of aryl methyl sites for hydroxylation is 1. The molecule has 0 atom stereocenters. The average molecular weight is 278 g/mol. The van der Waals surface area contributed by atoms with Crippen LogP contribution in [-0.2, 0) is 12.8 Å². The molecule has 0 aliphatic heterocycles. The third-order valence-electron chi connectivity index (χ3n) is 2.80. The lowest BCUT2D eigenvalue weighted by atomic mass is 10.2. The van der Waals surface area contributed by atoms with E-state index in [1.54, 1.807) is 0 Å². The SMILES string of the molecule is CCc1ocnc1C(=O)NCCc1nc(C(C)C)no1. The summed E-state index contributed by atoms with van der Waals surface area (Å²) in [6.07, 6.45) is 2.40. The van der Waals surface area contributed by atoms with E-state index in [2.05, 4.69) is 20.4 Å². The zero-order valence-corrected chi connectivity index (χ0v) is 11.8. The van der Waals surface area contributed by atoms with Gasteiger partial charge in [0.1, 0.15) is 5.76 Å². The Kier molecular flexibility index (Phi) is 4.49. The number of rotatable bonds is 6. The maximum absolute atomic E-state index is 11.9. The van der Waals surface area contributed by atoms with Crippen LogP contribution in [0.4, 0.5) is 0 Å². The van der Waals surface area contributed by atoms with Gasteiger partial charge in [0.15, 0.2) is 17.9 Å². The van der Waals surface area contributed by atoms with Crippen LogP contribution >= 0.6 is 0 Å². The Bertz CT molecular complexity index is 574. The minimum Gasteiger partial charge on any atom is -0.448 e. The van der Waals surface area contributed by atoms with Gasteiger partial charge in [0.25, 0.3) is 5.91 Å². The van der Waals surface area contributed by atoms with Crippen molar-refractivity contribution in [3.8, 4) is 0 Å². The summed E-state index contributed by atoms with van der Waals surface area (Å²) in [4.78, 5) is 20.0. The van der Waals surface area contributed by atoms with Crippen LogP contribution in [0.1, 0.15) is 54.7 Å². The minimum atomic E-state index is -0.251. The highest BCUT2D eigenvalue weighted by Crippen LogP contribution is 2.10. The van der Waals surface area contributed by atoms with E-state index >= 15 is 0 Å². The van der Waals surface area contributed by atoms with Crippen LogP contribution in [0.25, 0.3) is 0 Å². The predicted molar refractivity (Wildman–Crippen MR) is 70.3 cm³/mol. The zero-order chi connectivity index (χ0) is 14.5. The molecular formula is C13H18N4O3. The Morgan fingerprint density at radius 3 is 2.90 bits per heavy atom. The molecule has 0 bridgehead atoms. The summed E-state index contributed by atoms with van der Waals surface area (Å²) >= 11 is 0. The third kappa shape index (κ3) is 3.23. The van der Waals surface area contributed by atoms with Gasteiger partial charge in [-0.2, -0.15) is 4.98 Å². The lowest BCUT2D eigenvalue weighted by Gasteiger charge is -2.01. The molecule has 2 aromatic heterocycles. The summed E-state index contributed by atoms with van der Waals surface area (Å²) in [6, 6.07) is 0. The van der Waals surface area contributed by atoms with Crippen molar-refractivity contribution < 1.29 is 13.7 Å². The van der Waals surface area contributed by atoms with Crippen molar-refractivity contribution in [1.29, 1.82) is 0 Å². The highest BCUT2D eigenvalue weighted by molar-refractivity contribution is 5.93. The normalized spacial score (nSPS) is 11.0. The van der Waals surface area contributed by atoms with Crippen molar-refractivity contribution in [3.05, 3.63) is 29.6 Å². The highest BCUT2D eigenvalue weighted by Gasteiger charge is 2.15. The first-order valence-electron chi connectivity index (χ1n) is 6.64. The Hall–Kier alpha value is -2.18. The van der Waals surface area contributed by atoms with Gasteiger partial charge in [-0.05, 0) is 0 Å². The number of amides is 1. The van der Waals surface area contributed by atoms with Gasteiger partial charge in [-0.25, -0.2) is 4.98 Å². The van der Waals surface area contributed by atoms with Crippen LogP contribution in [0.3, 0.4) is 0 Å². The summed E-state index contributed by atoms with van der Waals surface area (Å²) in [7, 11) is 0. The Morgan fingerprint density at radius 2 is 2.25 bits per heavy atom. The summed E-state index contributed by atoms with van der Waals surface area (Å²) in [6.45, 7) is 6.30. The summed E-state index contributed by atoms with van der Waals surface area (Å²) < 4.78 is 10.2. The molecule has 1 amide bonds. The lowest BCUT2D eigenvalue weighted by molar-refractivity contribution is 0.0947. The van der Waals surface area contributed by atoms with Gasteiger partial charge < -0.3 is 14.3 Å². The molecule has 0 unspecified atom stereocenters. The fraction of sp³-hybridized carbons (Fsp3) is 0.538. The van der Waals surface area contributed by atoms with E-state index in [4.69, 9.17) is 8.94 Å². The number of oxazole rings is 1. The molecule has 7 heteroatoms. The van der Waals surface area contributed by atoms with Crippen LogP contribution in [0.5, 0.6) is 0 Å². The minimum absolute atomic E-state index is 0.226. The molecule has 0 aromatic carbocycles. The molecule has 0 radical (unpaired) electrons. The van der Waals surface area contributed by atoms with Crippen molar-refractivity contribution in [1.82, 2.24) is 20.4 Å². The number of aromatic nitrogens is 3. The second-order valence-electron chi connectivity index (χ2n) is 4.68. The van der Waals surface area contributed by atoms with Crippen LogP contribution in [0.15, 0.2) is 15.3 Å². The highest BCUT2D eigenvalue weighted by atomic mass is 16.5. The molecule has 1 N–H and O–H groups in total. The van der Waals surface area contributed by atoms with E-state index < -0.39 is 0 Å². The maximum Gasteiger partial charge on any atom is 0.273 e. The topological polar surface area (TPSA) is 94.1 Å². The molecule has 0 saturated heterocycles. The molecule has 2 rings (SSSR count). The third-order valence-corrected chi connectivity index (χ3v) is 2.80. The van der Waals surface area contributed by atoms with Gasteiger partial charge in [-0.3, -0.25) is 4.79 Å². The van der Waals surface area contributed by atoms with Gasteiger partial charge in [-0.15, -0.1) is 0 Å². The summed E-state index contributed by atoms with van der Waals surface area (Å²) in [5.74, 6) is 1.76. The molecule has 108 valence electrons. The summed E-state index contributed by atoms with van der Waals surface area (Å²) in [5.41, 5.74) is 0.334. The Labute approximate surface area is 116 Å². The average Bonchev–Trinajstić information content (AvgIpc) is 3.07. The zero-order valence-electron chi connectivity index (χ0n) is 11.8. The number of nitrogens with zero attached hydrogens (tertiary/aromatic N) is 3. The van der Waals surface area contributed by atoms with E-state index in [9.17, 15) is 4.79 Å². The van der Waals surface area contributed by atoms with Gasteiger partial charge in [0.2, 0.25) is 5.89 Å². The van der Waals surface area contributed by atoms with Crippen molar-refractivity contribution in [3.63, 3.8) is 0 Å². The molecular weight excluding hydrogens is 260 g/mol. The van der Waals surface area contributed by atoms with Crippen molar-refractivity contribution in [2.45, 2.75) is 39.5 Å². The molecule has 2 aromatic rings. The predicted octanol–water partition coefficient (Wildman–Crippen LogP) is 1.72. The van der Waals surface area contributed by atoms with Crippen LogP contribution < -0.4 is 5.32 Å². The molecule has 0 saturated carbocycles. The fourth-order valence-electron chi connectivity index (χ4n) is 1.68. The van der Waals surface area contributed by atoms with Crippen LogP contribution in [-0.4, -0.2) is 27.6 Å². The first kappa shape index (κ1) is 14.2. The fourth-order valence-corrected chi connectivity index (χ4v) is 1.68. The van der Waals surface area contributed by atoms with Crippen molar-refractivity contribution in [2.24, 2.45) is 0 Å². The van der Waals surface area contributed by atoms with Crippen LogP contribution in [0, 0.1) is 0 Å². The molecule has 2 heterocycles. The number of carbonyl (C=O) groups excluding carboxylic acids is 1.